The van der Waals surface area contributed by atoms with Gasteiger partial charge in [0.05, 0.1) is 12.0 Å². The number of amides is 1. The third kappa shape index (κ3) is 3.53. The fourth-order valence-corrected chi connectivity index (χ4v) is 4.62. The molecule has 5 nitrogen and oxygen atoms in total. The van der Waals surface area contributed by atoms with E-state index in [1.807, 2.05) is 24.3 Å². The minimum Gasteiger partial charge on any atom is -0.479 e. The second-order valence-corrected chi connectivity index (χ2v) is 8.24. The summed E-state index contributed by atoms with van der Waals surface area (Å²) < 4.78 is 0. The topological polar surface area (TPSA) is 86.6 Å². The van der Waals surface area contributed by atoms with E-state index in [4.69, 9.17) is 16.7 Å². The molecule has 0 spiro atoms. The van der Waals surface area contributed by atoms with Gasteiger partial charge >= 0.3 is 5.97 Å². The fraction of sp³-hybridized carbons (Fsp3) is 0.579. The first-order valence-corrected chi connectivity index (χ1v) is 9.09. The maximum atomic E-state index is 13.1. The van der Waals surface area contributed by atoms with Crippen molar-refractivity contribution in [1.82, 2.24) is 5.32 Å². The molecule has 0 aliphatic heterocycles. The van der Waals surface area contributed by atoms with Gasteiger partial charge in [0.2, 0.25) is 5.91 Å². The summed E-state index contributed by atoms with van der Waals surface area (Å²) in [6.45, 7) is 0.906. The van der Waals surface area contributed by atoms with Gasteiger partial charge in [-0.15, -0.1) is 0 Å². The van der Waals surface area contributed by atoms with Crippen LogP contribution in [0.5, 0.6) is 0 Å². The predicted molar refractivity (Wildman–Crippen MR) is 94.3 cm³/mol. The molecule has 0 heterocycles. The number of rotatable bonds is 6. The number of hydrogen-bond donors (Lipinski definition) is 3. The number of fused-ring (bicyclic) bond motifs is 2. The molecule has 25 heavy (non-hydrogen) atoms. The lowest BCUT2D eigenvalue weighted by Gasteiger charge is -2.37. The Morgan fingerprint density at radius 2 is 2.00 bits per heavy atom. The Bertz CT molecular complexity index is 673. The van der Waals surface area contributed by atoms with Crippen molar-refractivity contribution in [3.05, 3.63) is 34.9 Å². The van der Waals surface area contributed by atoms with E-state index in [1.54, 1.807) is 0 Å². The van der Waals surface area contributed by atoms with Gasteiger partial charge in [0.1, 0.15) is 0 Å². The Morgan fingerprint density at radius 3 is 2.52 bits per heavy atom. The Labute approximate surface area is 152 Å². The van der Waals surface area contributed by atoms with Crippen LogP contribution in [-0.2, 0) is 16.0 Å². The molecule has 6 heteroatoms. The monoisotopic (exact) mass is 365 g/mol. The molecule has 136 valence electrons. The van der Waals surface area contributed by atoms with Gasteiger partial charge in [-0.05, 0) is 62.1 Å². The van der Waals surface area contributed by atoms with Gasteiger partial charge in [0.15, 0.2) is 5.60 Å². The molecule has 0 aromatic heterocycles. The number of aliphatic carboxylic acids is 1. The zero-order chi connectivity index (χ0) is 18.2. The van der Waals surface area contributed by atoms with Crippen molar-refractivity contribution >= 4 is 23.5 Å². The van der Waals surface area contributed by atoms with Crippen LogP contribution in [0.15, 0.2) is 24.3 Å². The number of halogens is 1. The molecule has 2 fully saturated rings. The van der Waals surface area contributed by atoms with E-state index in [0.29, 0.717) is 23.3 Å². The molecule has 3 rings (SSSR count). The molecule has 1 aromatic rings. The van der Waals surface area contributed by atoms with Crippen LogP contribution in [0.4, 0.5) is 0 Å². The summed E-state index contributed by atoms with van der Waals surface area (Å²) in [5.41, 5.74) is -1.43. The van der Waals surface area contributed by atoms with Crippen LogP contribution in [0, 0.1) is 17.3 Å². The van der Waals surface area contributed by atoms with E-state index in [9.17, 15) is 14.7 Å². The highest BCUT2D eigenvalue weighted by Crippen LogP contribution is 2.57. The zero-order valence-electron chi connectivity index (χ0n) is 14.3. The summed E-state index contributed by atoms with van der Waals surface area (Å²) in [6.07, 6.45) is 4.68. The van der Waals surface area contributed by atoms with E-state index in [-0.39, 0.29) is 12.5 Å². The fourth-order valence-electron chi connectivity index (χ4n) is 4.49. The first kappa shape index (κ1) is 18.2. The molecule has 4 unspecified atom stereocenters. The molecule has 2 bridgehead atoms. The Morgan fingerprint density at radius 1 is 1.32 bits per heavy atom. The molecule has 4 atom stereocenters. The van der Waals surface area contributed by atoms with Gasteiger partial charge in [-0.2, -0.15) is 0 Å². The lowest BCUT2D eigenvalue weighted by Crippen LogP contribution is -2.52. The first-order valence-electron chi connectivity index (χ1n) is 8.71. The van der Waals surface area contributed by atoms with Gasteiger partial charge in [-0.1, -0.05) is 30.2 Å². The van der Waals surface area contributed by atoms with Gasteiger partial charge in [-0.25, -0.2) is 4.79 Å². The maximum absolute atomic E-state index is 13.1. The predicted octanol–water partition coefficient (Wildman–Crippen LogP) is 2.64. The van der Waals surface area contributed by atoms with E-state index in [2.05, 4.69) is 5.32 Å². The number of hydrogen-bond acceptors (Lipinski definition) is 3. The lowest BCUT2D eigenvalue weighted by atomic mass is 9.68. The van der Waals surface area contributed by atoms with Gasteiger partial charge in [0.25, 0.3) is 0 Å². The summed E-state index contributed by atoms with van der Waals surface area (Å²) >= 11 is 5.96. The van der Waals surface area contributed by atoms with Crippen LogP contribution in [0.25, 0.3) is 0 Å². The molecule has 0 radical (unpaired) electrons. The van der Waals surface area contributed by atoms with Gasteiger partial charge in [0, 0.05) is 5.02 Å². The molecule has 2 aliphatic rings. The quantitative estimate of drug-likeness (QED) is 0.723. The van der Waals surface area contributed by atoms with Crippen molar-refractivity contribution in [2.45, 2.75) is 44.6 Å². The van der Waals surface area contributed by atoms with Gasteiger partial charge in [-0.3, -0.25) is 4.79 Å². The highest BCUT2D eigenvalue weighted by Gasteiger charge is 2.55. The molecule has 1 amide bonds. The molecule has 3 N–H and O–H groups in total. The highest BCUT2D eigenvalue weighted by molar-refractivity contribution is 6.30. The average Bonchev–Trinajstić information content (AvgIpc) is 3.16. The smallest absolute Gasteiger partial charge is 0.337 e. The van der Waals surface area contributed by atoms with Crippen molar-refractivity contribution < 1.29 is 19.8 Å². The number of carbonyl (C=O) groups excluding carboxylic acids is 1. The zero-order valence-corrected chi connectivity index (χ0v) is 15.1. The summed E-state index contributed by atoms with van der Waals surface area (Å²) in [4.78, 5) is 24.1. The van der Waals surface area contributed by atoms with Gasteiger partial charge < -0.3 is 15.5 Å². The highest BCUT2D eigenvalue weighted by atomic mass is 35.5. The summed E-state index contributed by atoms with van der Waals surface area (Å²) in [7, 11) is 0. The second-order valence-electron chi connectivity index (χ2n) is 7.80. The molecular formula is C19H24ClNO4. The number of benzene rings is 1. The first-order chi connectivity index (χ1) is 11.7. The second kappa shape index (κ2) is 6.61. The van der Waals surface area contributed by atoms with E-state index < -0.39 is 17.0 Å². The largest absolute Gasteiger partial charge is 0.479 e. The van der Waals surface area contributed by atoms with Crippen LogP contribution in [0.3, 0.4) is 0 Å². The number of carbonyl (C=O) groups is 2. The Kier molecular flexibility index (Phi) is 4.82. The minimum absolute atomic E-state index is 0.142. The number of aliphatic hydroxyl groups is 1. The molecule has 2 aliphatic carbocycles. The molecule has 2 saturated carbocycles. The third-order valence-electron chi connectivity index (χ3n) is 5.91. The van der Waals surface area contributed by atoms with Crippen molar-refractivity contribution in [3.63, 3.8) is 0 Å². The van der Waals surface area contributed by atoms with Crippen LogP contribution in [0.1, 0.15) is 38.2 Å². The summed E-state index contributed by atoms with van der Waals surface area (Å²) in [5.74, 6) is -0.616. The van der Waals surface area contributed by atoms with Crippen LogP contribution in [-0.4, -0.2) is 34.2 Å². The SMILES string of the molecule is CC(O)(CNC(=O)C1(Cc2ccc(Cl)cc2)CC2CCC1C2)C(=O)O. The van der Waals surface area contributed by atoms with Crippen molar-refractivity contribution in [2.24, 2.45) is 17.3 Å². The average molecular weight is 366 g/mol. The van der Waals surface area contributed by atoms with Crippen LogP contribution in [0.2, 0.25) is 5.02 Å². The minimum atomic E-state index is -1.96. The van der Waals surface area contributed by atoms with Crippen molar-refractivity contribution in [1.29, 1.82) is 0 Å². The number of nitrogens with one attached hydrogen (secondary N) is 1. The lowest BCUT2D eigenvalue weighted by molar-refractivity contribution is -0.156. The van der Waals surface area contributed by atoms with Crippen molar-refractivity contribution in [3.8, 4) is 0 Å². The normalized spacial score (nSPS) is 30.0. The number of carboxylic acid groups (broad SMARTS) is 1. The summed E-state index contributed by atoms with van der Waals surface area (Å²) in [5, 5.41) is 22.3. The van der Waals surface area contributed by atoms with E-state index in [0.717, 1.165) is 31.2 Å². The number of carboxylic acids is 1. The standard InChI is InChI=1S/C19H24ClNO4/c1-18(25,17(23)24)11-21-16(22)19(10-13-2-5-14(19)8-13)9-12-3-6-15(20)7-4-12/h3-4,6-7,13-14,25H,2,5,8-11H2,1H3,(H,21,22)(H,23,24). The molecular weight excluding hydrogens is 342 g/mol. The van der Waals surface area contributed by atoms with Crippen molar-refractivity contribution in [2.75, 3.05) is 6.54 Å². The maximum Gasteiger partial charge on any atom is 0.337 e. The van der Waals surface area contributed by atoms with Crippen LogP contribution >= 0.6 is 11.6 Å². The third-order valence-corrected chi connectivity index (χ3v) is 6.17. The van der Waals surface area contributed by atoms with E-state index in [1.165, 1.54) is 6.92 Å². The molecule has 0 saturated heterocycles. The Hall–Kier alpha value is -1.59. The molecule has 1 aromatic carbocycles. The van der Waals surface area contributed by atoms with Crippen LogP contribution < -0.4 is 5.32 Å². The Balaban J connectivity index is 1.79. The summed E-state index contributed by atoms with van der Waals surface area (Å²) in [6, 6.07) is 7.53. The van der Waals surface area contributed by atoms with E-state index >= 15 is 0 Å².